The largest absolute Gasteiger partial charge is 0.478 e. The molecule has 0 saturated carbocycles. The molecule has 3 rings (SSSR count). The Kier molecular flexibility index (Phi) is 5.18. The van der Waals surface area contributed by atoms with Crippen molar-refractivity contribution in [2.24, 2.45) is 0 Å². The zero-order chi connectivity index (χ0) is 19.7. The normalized spacial score (nSPS) is 16.6. The zero-order valence-corrected chi connectivity index (χ0v) is 15.0. The maximum absolute atomic E-state index is 13.3. The van der Waals surface area contributed by atoms with Crippen LogP contribution in [0.4, 0.5) is 10.1 Å². The van der Waals surface area contributed by atoms with Crippen molar-refractivity contribution >= 4 is 35.1 Å². The summed E-state index contributed by atoms with van der Waals surface area (Å²) in [5.41, 5.74) is 0.352. The van der Waals surface area contributed by atoms with E-state index in [0.29, 0.717) is 25.1 Å². The van der Waals surface area contributed by atoms with Gasteiger partial charge in [0.05, 0.1) is 5.02 Å². The second-order valence-corrected chi connectivity index (χ2v) is 6.42. The first-order chi connectivity index (χ1) is 12.8. The van der Waals surface area contributed by atoms with Gasteiger partial charge in [-0.1, -0.05) is 18.5 Å². The number of carbonyl (C=O) groups excluding carboxylic acids is 2. The number of aromatic carboxylic acids is 1. The van der Waals surface area contributed by atoms with Gasteiger partial charge in [0.25, 0.3) is 5.91 Å². The highest BCUT2D eigenvalue weighted by molar-refractivity contribution is 6.31. The molecule has 7 nitrogen and oxygen atoms in total. The molecule has 1 unspecified atom stereocenters. The van der Waals surface area contributed by atoms with Gasteiger partial charge in [-0.05, 0) is 24.6 Å². The van der Waals surface area contributed by atoms with Crippen LogP contribution in [-0.4, -0.2) is 35.5 Å². The molecule has 2 N–H and O–H groups in total. The van der Waals surface area contributed by atoms with Gasteiger partial charge in [-0.2, -0.15) is 0 Å². The summed E-state index contributed by atoms with van der Waals surface area (Å²) in [4.78, 5) is 37.5. The number of furan rings is 1. The molecule has 1 aliphatic rings. The molecule has 0 radical (unpaired) electrons. The number of nitrogens with zero attached hydrogens (tertiary/aromatic N) is 1. The quantitative estimate of drug-likeness (QED) is 0.812. The van der Waals surface area contributed by atoms with Crippen LogP contribution in [0.1, 0.15) is 40.0 Å². The summed E-state index contributed by atoms with van der Waals surface area (Å²) < 4.78 is 18.6. The molecule has 2 amide bonds. The van der Waals surface area contributed by atoms with Gasteiger partial charge in [0.1, 0.15) is 23.2 Å². The Labute approximate surface area is 158 Å². The molecule has 0 bridgehead atoms. The SMILES string of the molecule is CCc1oc(C(=O)NC2CCN(c3ccc(F)c(Cl)c3)C2=O)cc1C(=O)O. The smallest absolute Gasteiger partial charge is 0.339 e. The fraction of sp³-hybridized carbons (Fsp3) is 0.278. The van der Waals surface area contributed by atoms with E-state index in [1.54, 1.807) is 6.92 Å². The van der Waals surface area contributed by atoms with Crippen LogP contribution in [0.25, 0.3) is 0 Å². The first-order valence-electron chi connectivity index (χ1n) is 8.25. The molecule has 1 atom stereocenters. The van der Waals surface area contributed by atoms with Crippen molar-refractivity contribution in [3.05, 3.63) is 52.2 Å². The Morgan fingerprint density at radius 2 is 2.15 bits per heavy atom. The molecule has 27 heavy (non-hydrogen) atoms. The lowest BCUT2D eigenvalue weighted by molar-refractivity contribution is -0.118. The number of halogens is 2. The monoisotopic (exact) mass is 394 g/mol. The van der Waals surface area contributed by atoms with Crippen LogP contribution in [0, 0.1) is 5.82 Å². The third kappa shape index (κ3) is 3.66. The summed E-state index contributed by atoms with van der Waals surface area (Å²) in [7, 11) is 0. The summed E-state index contributed by atoms with van der Waals surface area (Å²) in [5, 5.41) is 11.6. The molecule has 2 heterocycles. The number of aryl methyl sites for hydroxylation is 1. The van der Waals surface area contributed by atoms with Crippen LogP contribution >= 0.6 is 11.6 Å². The standard InChI is InChI=1S/C18H16ClFN2O5/c1-2-14-10(18(25)26)8-15(27-14)16(23)21-13-5-6-22(17(13)24)9-3-4-12(20)11(19)7-9/h3-4,7-8,13H,2,5-6H2,1H3,(H,21,23)(H,25,26). The van der Waals surface area contributed by atoms with Crippen molar-refractivity contribution in [3.63, 3.8) is 0 Å². The Hall–Kier alpha value is -2.87. The van der Waals surface area contributed by atoms with Gasteiger partial charge in [-0.25, -0.2) is 9.18 Å². The predicted octanol–water partition coefficient (Wildman–Crippen LogP) is 2.87. The van der Waals surface area contributed by atoms with Crippen LogP contribution in [-0.2, 0) is 11.2 Å². The summed E-state index contributed by atoms with van der Waals surface area (Å²) >= 11 is 5.75. The van der Waals surface area contributed by atoms with E-state index in [1.807, 2.05) is 0 Å². The number of carbonyl (C=O) groups is 3. The lowest BCUT2D eigenvalue weighted by Gasteiger charge is -2.17. The molecule has 1 aromatic heterocycles. The highest BCUT2D eigenvalue weighted by Crippen LogP contribution is 2.26. The number of hydrogen-bond acceptors (Lipinski definition) is 4. The Morgan fingerprint density at radius 1 is 1.41 bits per heavy atom. The minimum absolute atomic E-state index is 0.0806. The maximum Gasteiger partial charge on any atom is 0.339 e. The highest BCUT2D eigenvalue weighted by Gasteiger charge is 2.35. The fourth-order valence-corrected chi connectivity index (χ4v) is 3.11. The molecular formula is C18H16ClFN2O5. The van der Waals surface area contributed by atoms with E-state index in [1.165, 1.54) is 23.1 Å². The van der Waals surface area contributed by atoms with Crippen molar-refractivity contribution in [1.82, 2.24) is 5.32 Å². The van der Waals surface area contributed by atoms with E-state index in [0.717, 1.165) is 6.07 Å². The molecule has 142 valence electrons. The van der Waals surface area contributed by atoms with Crippen molar-refractivity contribution < 1.29 is 28.3 Å². The number of nitrogens with one attached hydrogen (secondary N) is 1. The average Bonchev–Trinajstić information content (AvgIpc) is 3.22. The lowest BCUT2D eigenvalue weighted by Crippen LogP contribution is -2.41. The topological polar surface area (TPSA) is 99.9 Å². The number of benzene rings is 1. The summed E-state index contributed by atoms with van der Waals surface area (Å²) in [6.45, 7) is 2.03. The summed E-state index contributed by atoms with van der Waals surface area (Å²) in [6, 6.07) is 4.29. The van der Waals surface area contributed by atoms with Gasteiger partial charge in [-0.15, -0.1) is 0 Å². The molecule has 1 aromatic carbocycles. The van der Waals surface area contributed by atoms with Gasteiger partial charge in [0.2, 0.25) is 5.91 Å². The minimum Gasteiger partial charge on any atom is -0.478 e. The number of amides is 2. The number of carboxylic acids is 1. The Morgan fingerprint density at radius 3 is 2.74 bits per heavy atom. The molecule has 9 heteroatoms. The molecule has 1 aliphatic heterocycles. The third-order valence-electron chi connectivity index (χ3n) is 4.31. The molecule has 0 spiro atoms. The van der Waals surface area contributed by atoms with Crippen LogP contribution < -0.4 is 10.2 Å². The van der Waals surface area contributed by atoms with E-state index in [4.69, 9.17) is 21.1 Å². The lowest BCUT2D eigenvalue weighted by atomic mass is 10.2. The average molecular weight is 395 g/mol. The van der Waals surface area contributed by atoms with E-state index in [9.17, 15) is 18.8 Å². The van der Waals surface area contributed by atoms with Crippen molar-refractivity contribution in [1.29, 1.82) is 0 Å². The number of hydrogen-bond donors (Lipinski definition) is 2. The Balaban J connectivity index is 1.73. The van der Waals surface area contributed by atoms with Gasteiger partial charge in [0.15, 0.2) is 5.76 Å². The van der Waals surface area contributed by atoms with Crippen molar-refractivity contribution in [2.75, 3.05) is 11.4 Å². The molecular weight excluding hydrogens is 379 g/mol. The fourth-order valence-electron chi connectivity index (χ4n) is 2.94. The maximum atomic E-state index is 13.3. The third-order valence-corrected chi connectivity index (χ3v) is 4.60. The van der Waals surface area contributed by atoms with Gasteiger partial charge < -0.3 is 19.7 Å². The van der Waals surface area contributed by atoms with Gasteiger partial charge >= 0.3 is 5.97 Å². The first-order valence-corrected chi connectivity index (χ1v) is 8.63. The van der Waals surface area contributed by atoms with Crippen LogP contribution in [0.15, 0.2) is 28.7 Å². The molecule has 2 aromatic rings. The van der Waals surface area contributed by atoms with E-state index < -0.39 is 23.7 Å². The van der Waals surface area contributed by atoms with E-state index >= 15 is 0 Å². The molecule has 1 saturated heterocycles. The number of carboxylic acid groups (broad SMARTS) is 1. The molecule has 0 aliphatic carbocycles. The number of rotatable bonds is 5. The first kappa shape index (κ1) is 18.9. The van der Waals surface area contributed by atoms with Gasteiger partial charge in [0, 0.05) is 24.7 Å². The van der Waals surface area contributed by atoms with Crippen LogP contribution in [0.5, 0.6) is 0 Å². The van der Waals surface area contributed by atoms with Crippen LogP contribution in [0.2, 0.25) is 5.02 Å². The summed E-state index contributed by atoms with van der Waals surface area (Å²) in [6.07, 6.45) is 0.656. The summed E-state index contributed by atoms with van der Waals surface area (Å²) in [5.74, 6) is -2.80. The molecule has 1 fully saturated rings. The van der Waals surface area contributed by atoms with Crippen LogP contribution in [0.3, 0.4) is 0 Å². The zero-order valence-electron chi connectivity index (χ0n) is 14.3. The Bertz CT molecular complexity index is 926. The van der Waals surface area contributed by atoms with E-state index in [-0.39, 0.29) is 28.0 Å². The second-order valence-electron chi connectivity index (χ2n) is 6.01. The number of anilines is 1. The predicted molar refractivity (Wildman–Crippen MR) is 94.7 cm³/mol. The second kappa shape index (κ2) is 7.40. The van der Waals surface area contributed by atoms with Crippen molar-refractivity contribution in [2.45, 2.75) is 25.8 Å². The van der Waals surface area contributed by atoms with Gasteiger partial charge in [-0.3, -0.25) is 9.59 Å². The minimum atomic E-state index is -1.19. The van der Waals surface area contributed by atoms with E-state index in [2.05, 4.69) is 5.32 Å². The van der Waals surface area contributed by atoms with Crippen molar-refractivity contribution in [3.8, 4) is 0 Å². The highest BCUT2D eigenvalue weighted by atomic mass is 35.5.